The van der Waals surface area contributed by atoms with Crippen LogP contribution < -0.4 is 19.7 Å². The van der Waals surface area contributed by atoms with Crippen molar-refractivity contribution in [3.63, 3.8) is 0 Å². The van der Waals surface area contributed by atoms with Crippen LogP contribution in [0.1, 0.15) is 19.4 Å². The zero-order valence-electron chi connectivity index (χ0n) is 16.9. The van der Waals surface area contributed by atoms with Gasteiger partial charge in [0.15, 0.2) is 11.5 Å². The Labute approximate surface area is 177 Å². The maximum Gasteiger partial charge on any atom is 0.335 e. The Morgan fingerprint density at radius 2 is 1.84 bits per heavy atom. The summed E-state index contributed by atoms with van der Waals surface area (Å²) in [6.07, 6.45) is 1.22. The monoisotopic (exact) mass is 425 g/mol. The van der Waals surface area contributed by atoms with Crippen molar-refractivity contribution >= 4 is 35.3 Å². The number of anilines is 1. The number of imide groups is 2. The molecule has 2 aromatic carbocycles. The van der Waals surface area contributed by atoms with E-state index in [1.807, 2.05) is 13.8 Å². The molecule has 10 nitrogen and oxygen atoms in total. The third kappa shape index (κ3) is 4.53. The summed E-state index contributed by atoms with van der Waals surface area (Å²) in [5.74, 6) is -0.889. The molecular formula is C21H19N3O7. The Hall–Kier alpha value is -4.21. The first kappa shape index (κ1) is 21.5. The summed E-state index contributed by atoms with van der Waals surface area (Å²) < 4.78 is 10.9. The molecule has 0 spiro atoms. The Balaban J connectivity index is 1.99. The molecule has 1 saturated heterocycles. The van der Waals surface area contributed by atoms with E-state index in [1.165, 1.54) is 31.4 Å². The number of hydrogen-bond acceptors (Lipinski definition) is 7. The minimum absolute atomic E-state index is 0.0339. The van der Waals surface area contributed by atoms with E-state index in [0.717, 1.165) is 6.07 Å². The van der Waals surface area contributed by atoms with Gasteiger partial charge in [-0.25, -0.2) is 9.69 Å². The lowest BCUT2D eigenvalue weighted by molar-refractivity contribution is -0.384. The van der Waals surface area contributed by atoms with E-state index in [0.29, 0.717) is 22.0 Å². The summed E-state index contributed by atoms with van der Waals surface area (Å²) in [7, 11) is 1.46. The fourth-order valence-corrected chi connectivity index (χ4v) is 2.93. The van der Waals surface area contributed by atoms with Crippen molar-refractivity contribution in [2.24, 2.45) is 0 Å². The molecule has 1 fully saturated rings. The zero-order valence-corrected chi connectivity index (χ0v) is 16.9. The van der Waals surface area contributed by atoms with Crippen LogP contribution in [0, 0.1) is 10.1 Å². The SMILES string of the molecule is COc1cc(/C=C2\C(=O)NC(=O)N(c3cccc([N+](=O)[O-])c3)C2=O)ccc1OC(C)C. The average molecular weight is 425 g/mol. The largest absolute Gasteiger partial charge is 0.493 e. The van der Waals surface area contributed by atoms with Gasteiger partial charge in [-0.3, -0.25) is 25.0 Å². The molecule has 2 aromatic rings. The van der Waals surface area contributed by atoms with E-state index in [-0.39, 0.29) is 23.1 Å². The quantitative estimate of drug-likeness (QED) is 0.326. The molecule has 1 aliphatic rings. The van der Waals surface area contributed by atoms with Gasteiger partial charge in [-0.05, 0) is 43.7 Å². The van der Waals surface area contributed by atoms with Crippen molar-refractivity contribution in [3.05, 3.63) is 63.7 Å². The third-order valence-corrected chi connectivity index (χ3v) is 4.26. The van der Waals surface area contributed by atoms with Gasteiger partial charge in [0.1, 0.15) is 5.57 Å². The highest BCUT2D eigenvalue weighted by molar-refractivity contribution is 6.39. The maximum atomic E-state index is 12.9. The van der Waals surface area contributed by atoms with Crippen LogP contribution in [0.3, 0.4) is 0 Å². The van der Waals surface area contributed by atoms with E-state index < -0.39 is 22.8 Å². The molecule has 3 rings (SSSR count). The molecule has 31 heavy (non-hydrogen) atoms. The van der Waals surface area contributed by atoms with Gasteiger partial charge in [-0.1, -0.05) is 12.1 Å². The van der Waals surface area contributed by atoms with Crippen LogP contribution in [0.2, 0.25) is 0 Å². The van der Waals surface area contributed by atoms with Crippen LogP contribution in [0.4, 0.5) is 16.2 Å². The van der Waals surface area contributed by atoms with Crippen molar-refractivity contribution in [1.82, 2.24) is 5.32 Å². The van der Waals surface area contributed by atoms with Crippen LogP contribution in [0.5, 0.6) is 11.5 Å². The predicted octanol–water partition coefficient (Wildman–Crippen LogP) is 3.06. The standard InChI is InChI=1S/C21H19N3O7/c1-12(2)31-17-8-7-13(10-18(17)30-3)9-16-19(25)22-21(27)23(20(16)26)14-5-4-6-15(11-14)24(28)29/h4-12H,1-3H3,(H,22,25,27)/b16-9+. The van der Waals surface area contributed by atoms with Crippen LogP contribution in [0.15, 0.2) is 48.0 Å². The smallest absolute Gasteiger partial charge is 0.335 e. The normalized spacial score (nSPS) is 15.3. The maximum absolute atomic E-state index is 12.9. The number of carbonyl (C=O) groups is 3. The minimum atomic E-state index is -0.995. The van der Waals surface area contributed by atoms with E-state index in [9.17, 15) is 24.5 Å². The highest BCUT2D eigenvalue weighted by atomic mass is 16.6. The van der Waals surface area contributed by atoms with E-state index in [4.69, 9.17) is 9.47 Å². The molecule has 0 bridgehead atoms. The van der Waals surface area contributed by atoms with E-state index in [1.54, 1.807) is 18.2 Å². The van der Waals surface area contributed by atoms with Gasteiger partial charge in [0, 0.05) is 12.1 Å². The van der Waals surface area contributed by atoms with Gasteiger partial charge in [-0.2, -0.15) is 0 Å². The number of ether oxygens (including phenoxy) is 2. The van der Waals surface area contributed by atoms with E-state index in [2.05, 4.69) is 5.32 Å². The van der Waals surface area contributed by atoms with Gasteiger partial charge in [0.2, 0.25) is 0 Å². The number of nitrogens with one attached hydrogen (secondary N) is 1. The lowest BCUT2D eigenvalue weighted by Crippen LogP contribution is -2.54. The lowest BCUT2D eigenvalue weighted by atomic mass is 10.1. The topological polar surface area (TPSA) is 128 Å². The predicted molar refractivity (Wildman–Crippen MR) is 111 cm³/mol. The fraction of sp³-hybridized carbons (Fsp3) is 0.190. The Bertz CT molecular complexity index is 1110. The summed E-state index contributed by atoms with van der Waals surface area (Å²) in [6, 6.07) is 8.86. The number of urea groups is 1. The summed E-state index contributed by atoms with van der Waals surface area (Å²) in [4.78, 5) is 48.6. The number of methoxy groups -OCH3 is 1. The number of non-ortho nitro benzene ring substituents is 1. The van der Waals surface area contributed by atoms with Crippen molar-refractivity contribution in [2.75, 3.05) is 12.0 Å². The Morgan fingerprint density at radius 3 is 2.48 bits per heavy atom. The number of nitro groups is 1. The number of amides is 4. The molecule has 0 saturated carbocycles. The Morgan fingerprint density at radius 1 is 1.10 bits per heavy atom. The Kier molecular flexibility index (Phi) is 6.00. The number of carbonyl (C=O) groups excluding carboxylic acids is 3. The van der Waals surface area contributed by atoms with Crippen molar-refractivity contribution in [3.8, 4) is 11.5 Å². The van der Waals surface area contributed by atoms with Crippen molar-refractivity contribution < 1.29 is 28.8 Å². The molecule has 0 atom stereocenters. The van der Waals surface area contributed by atoms with Gasteiger partial charge in [-0.15, -0.1) is 0 Å². The molecule has 0 aromatic heterocycles. The molecule has 10 heteroatoms. The molecule has 1 aliphatic heterocycles. The molecule has 1 N–H and O–H groups in total. The molecule has 160 valence electrons. The number of hydrogen-bond donors (Lipinski definition) is 1. The zero-order chi connectivity index (χ0) is 22.7. The number of barbiturate groups is 1. The van der Waals surface area contributed by atoms with Crippen LogP contribution in [-0.2, 0) is 9.59 Å². The second kappa shape index (κ2) is 8.66. The molecular weight excluding hydrogens is 406 g/mol. The van der Waals surface area contributed by atoms with Crippen LogP contribution >= 0.6 is 0 Å². The molecule has 1 heterocycles. The van der Waals surface area contributed by atoms with Gasteiger partial charge in [0.25, 0.3) is 17.5 Å². The molecule has 0 unspecified atom stereocenters. The highest BCUT2D eigenvalue weighted by Crippen LogP contribution is 2.31. The third-order valence-electron chi connectivity index (χ3n) is 4.26. The fourth-order valence-electron chi connectivity index (χ4n) is 2.93. The summed E-state index contributed by atoms with van der Waals surface area (Å²) in [5, 5.41) is 13.1. The van der Waals surface area contributed by atoms with Crippen molar-refractivity contribution in [2.45, 2.75) is 20.0 Å². The highest BCUT2D eigenvalue weighted by Gasteiger charge is 2.37. The average Bonchev–Trinajstić information content (AvgIpc) is 2.71. The van der Waals surface area contributed by atoms with Crippen LogP contribution in [0.25, 0.3) is 6.08 Å². The van der Waals surface area contributed by atoms with Crippen LogP contribution in [-0.4, -0.2) is 36.0 Å². The summed E-state index contributed by atoms with van der Waals surface area (Å²) >= 11 is 0. The number of rotatable bonds is 6. The number of nitro benzene ring substituents is 1. The van der Waals surface area contributed by atoms with Crippen molar-refractivity contribution in [1.29, 1.82) is 0 Å². The lowest BCUT2D eigenvalue weighted by Gasteiger charge is -2.26. The first-order chi connectivity index (χ1) is 14.7. The number of benzene rings is 2. The van der Waals surface area contributed by atoms with Gasteiger partial charge < -0.3 is 9.47 Å². The van der Waals surface area contributed by atoms with E-state index >= 15 is 0 Å². The summed E-state index contributed by atoms with van der Waals surface area (Å²) in [5.41, 5.74) is -0.190. The first-order valence-corrected chi connectivity index (χ1v) is 9.22. The number of nitrogens with zero attached hydrogens (tertiary/aromatic N) is 2. The molecule has 0 radical (unpaired) electrons. The second-order valence-electron chi connectivity index (χ2n) is 6.81. The molecule has 0 aliphatic carbocycles. The van der Waals surface area contributed by atoms with Gasteiger partial charge in [0.05, 0.1) is 23.8 Å². The first-order valence-electron chi connectivity index (χ1n) is 9.22. The van der Waals surface area contributed by atoms with Gasteiger partial charge >= 0.3 is 6.03 Å². The minimum Gasteiger partial charge on any atom is -0.493 e. The molecule has 4 amide bonds. The second-order valence-corrected chi connectivity index (χ2v) is 6.81. The summed E-state index contributed by atoms with van der Waals surface area (Å²) in [6.45, 7) is 3.72.